The van der Waals surface area contributed by atoms with Gasteiger partial charge in [0.05, 0.1) is 0 Å². The van der Waals surface area contributed by atoms with Gasteiger partial charge in [0, 0.05) is 41.2 Å². The van der Waals surface area contributed by atoms with Gasteiger partial charge in [0.1, 0.15) is 11.4 Å². The molecule has 4 rings (SSSR count). The van der Waals surface area contributed by atoms with Crippen LogP contribution in [0.4, 0.5) is 0 Å². The molecule has 2 aliphatic heterocycles. The fourth-order valence-corrected chi connectivity index (χ4v) is 4.40. The van der Waals surface area contributed by atoms with Crippen molar-refractivity contribution in [3.63, 3.8) is 0 Å². The molecule has 1 fully saturated rings. The molecular weight excluding hydrogens is 344 g/mol. The van der Waals surface area contributed by atoms with Crippen LogP contribution in [0.3, 0.4) is 0 Å². The zero-order valence-electron chi connectivity index (χ0n) is 15.5. The Morgan fingerprint density at radius 1 is 1.19 bits per heavy atom. The van der Waals surface area contributed by atoms with Gasteiger partial charge in [-0.05, 0) is 44.9 Å². The highest BCUT2D eigenvalue weighted by molar-refractivity contribution is 6.31. The van der Waals surface area contributed by atoms with E-state index in [1.807, 2.05) is 6.07 Å². The van der Waals surface area contributed by atoms with E-state index in [1.165, 1.54) is 24.0 Å². The molecule has 0 amide bonds. The second-order valence-corrected chi connectivity index (χ2v) is 8.43. The van der Waals surface area contributed by atoms with E-state index in [2.05, 4.69) is 60.9 Å². The van der Waals surface area contributed by atoms with Gasteiger partial charge in [-0.1, -0.05) is 48.0 Å². The highest BCUT2D eigenvalue weighted by atomic mass is 35.5. The molecule has 2 N–H and O–H groups in total. The van der Waals surface area contributed by atoms with Crippen LogP contribution in [0.5, 0.6) is 5.75 Å². The summed E-state index contributed by atoms with van der Waals surface area (Å²) in [5, 5.41) is 8.27. The average molecular weight is 371 g/mol. The van der Waals surface area contributed by atoms with Gasteiger partial charge in [-0.3, -0.25) is 0 Å². The first kappa shape index (κ1) is 17.8. The lowest BCUT2D eigenvalue weighted by Crippen LogP contribution is -2.45. The molecule has 2 aliphatic rings. The van der Waals surface area contributed by atoms with Crippen LogP contribution < -0.4 is 15.4 Å². The van der Waals surface area contributed by atoms with Crippen LogP contribution in [-0.2, 0) is 13.0 Å². The minimum Gasteiger partial charge on any atom is -0.487 e. The van der Waals surface area contributed by atoms with Crippen LogP contribution in [0.25, 0.3) is 0 Å². The number of nitrogens with one attached hydrogen (secondary N) is 2. The largest absolute Gasteiger partial charge is 0.487 e. The lowest BCUT2D eigenvalue weighted by Gasteiger charge is -2.34. The number of hydrogen-bond acceptors (Lipinski definition) is 3. The maximum Gasteiger partial charge on any atom is 0.129 e. The average Bonchev–Trinajstić information content (AvgIpc) is 2.98. The summed E-state index contributed by atoms with van der Waals surface area (Å²) in [4.78, 5) is 0. The van der Waals surface area contributed by atoms with Gasteiger partial charge in [0.2, 0.25) is 0 Å². The normalized spacial score (nSPS) is 24.1. The quantitative estimate of drug-likeness (QED) is 0.822. The van der Waals surface area contributed by atoms with E-state index in [-0.39, 0.29) is 5.60 Å². The molecule has 2 heterocycles. The minimum atomic E-state index is -0.180. The topological polar surface area (TPSA) is 33.3 Å². The number of piperidine rings is 1. The fraction of sp³-hybridized carbons (Fsp3) is 0.455. The Labute approximate surface area is 161 Å². The number of hydrogen-bond donors (Lipinski definition) is 2. The van der Waals surface area contributed by atoms with Crippen molar-refractivity contribution in [2.24, 2.45) is 0 Å². The molecule has 0 bridgehead atoms. The lowest BCUT2D eigenvalue weighted by molar-refractivity contribution is 0.137. The molecule has 4 heteroatoms. The monoisotopic (exact) mass is 370 g/mol. The van der Waals surface area contributed by atoms with Crippen LogP contribution in [-0.4, -0.2) is 18.2 Å². The van der Waals surface area contributed by atoms with Gasteiger partial charge in [-0.15, -0.1) is 0 Å². The summed E-state index contributed by atoms with van der Waals surface area (Å²) in [6.07, 6.45) is 3.24. The minimum absolute atomic E-state index is 0.180. The summed E-state index contributed by atoms with van der Waals surface area (Å²) >= 11 is 6.41. The van der Waals surface area contributed by atoms with Gasteiger partial charge >= 0.3 is 0 Å². The Balaban J connectivity index is 1.51. The zero-order chi connectivity index (χ0) is 18.1. The predicted octanol–water partition coefficient (Wildman–Crippen LogP) is 4.64. The second-order valence-electron chi connectivity index (χ2n) is 8.02. The number of fused-ring (bicyclic) bond motifs is 1. The first-order valence-electron chi connectivity index (χ1n) is 9.54. The molecule has 1 saturated heterocycles. The highest BCUT2D eigenvalue weighted by Crippen LogP contribution is 2.41. The van der Waals surface area contributed by atoms with Crippen molar-refractivity contribution in [3.8, 4) is 5.75 Å². The highest BCUT2D eigenvalue weighted by Gasteiger charge is 2.34. The number of benzene rings is 2. The first-order valence-corrected chi connectivity index (χ1v) is 9.92. The summed E-state index contributed by atoms with van der Waals surface area (Å²) in [6, 6.07) is 15.6. The Morgan fingerprint density at radius 2 is 2.00 bits per heavy atom. The standard InChI is InChI=1S/C22H27ClN2O/c1-22(2)13-17-18(23)11-10-16(21(17)26-22)14-25-19-9-6-12-24-20(19)15-7-4-3-5-8-15/h3-5,7-8,10-11,19-20,24-25H,6,9,12-14H2,1-2H3/t19-,20-/m0/s1. The van der Waals surface area contributed by atoms with Crippen LogP contribution in [0.2, 0.25) is 5.02 Å². The predicted molar refractivity (Wildman–Crippen MR) is 107 cm³/mol. The van der Waals surface area contributed by atoms with Crippen LogP contribution in [0.15, 0.2) is 42.5 Å². The summed E-state index contributed by atoms with van der Waals surface area (Å²) in [7, 11) is 0. The van der Waals surface area contributed by atoms with Gasteiger partial charge in [-0.25, -0.2) is 0 Å². The molecule has 2 aromatic carbocycles. The molecule has 138 valence electrons. The molecule has 0 spiro atoms. The molecule has 0 aromatic heterocycles. The molecule has 2 atom stereocenters. The summed E-state index contributed by atoms with van der Waals surface area (Å²) in [6.45, 7) is 6.12. The van der Waals surface area contributed by atoms with Crippen molar-refractivity contribution in [2.75, 3.05) is 6.54 Å². The summed E-state index contributed by atoms with van der Waals surface area (Å²) < 4.78 is 6.22. The first-order chi connectivity index (χ1) is 12.5. The van der Waals surface area contributed by atoms with E-state index in [1.54, 1.807) is 0 Å². The molecule has 3 nitrogen and oxygen atoms in total. The van der Waals surface area contributed by atoms with Gasteiger partial charge in [0.15, 0.2) is 0 Å². The van der Waals surface area contributed by atoms with E-state index in [0.717, 1.165) is 35.8 Å². The Hall–Kier alpha value is -1.55. The van der Waals surface area contributed by atoms with Crippen LogP contribution in [0, 0.1) is 0 Å². The molecular formula is C22H27ClN2O. The van der Waals surface area contributed by atoms with Crippen molar-refractivity contribution in [1.82, 2.24) is 10.6 Å². The maximum atomic E-state index is 6.41. The molecule has 26 heavy (non-hydrogen) atoms. The zero-order valence-corrected chi connectivity index (χ0v) is 16.3. The smallest absolute Gasteiger partial charge is 0.129 e. The van der Waals surface area contributed by atoms with Crippen LogP contribution >= 0.6 is 11.6 Å². The molecule has 0 radical (unpaired) electrons. The SMILES string of the molecule is CC1(C)Cc2c(Cl)ccc(CN[C@H]3CCCN[C@H]3c3ccccc3)c2O1. The Kier molecular flexibility index (Phi) is 4.96. The lowest BCUT2D eigenvalue weighted by atomic mass is 9.92. The number of halogens is 1. The van der Waals surface area contributed by atoms with Crippen molar-refractivity contribution < 1.29 is 4.74 Å². The molecule has 0 unspecified atom stereocenters. The van der Waals surface area contributed by atoms with Gasteiger partial charge in [0.25, 0.3) is 0 Å². The Morgan fingerprint density at radius 3 is 2.81 bits per heavy atom. The van der Waals surface area contributed by atoms with Crippen molar-refractivity contribution >= 4 is 11.6 Å². The van der Waals surface area contributed by atoms with Crippen molar-refractivity contribution in [1.29, 1.82) is 0 Å². The number of rotatable bonds is 4. The number of ether oxygens (including phenoxy) is 1. The molecule has 0 saturated carbocycles. The van der Waals surface area contributed by atoms with Crippen molar-refractivity contribution in [2.45, 2.75) is 57.3 Å². The fourth-order valence-electron chi connectivity index (χ4n) is 4.18. The third-order valence-electron chi connectivity index (χ3n) is 5.44. The van der Waals surface area contributed by atoms with Crippen molar-refractivity contribution in [3.05, 3.63) is 64.2 Å². The van der Waals surface area contributed by atoms with Gasteiger partial charge in [-0.2, -0.15) is 0 Å². The third kappa shape index (κ3) is 3.62. The van der Waals surface area contributed by atoms with E-state index >= 15 is 0 Å². The summed E-state index contributed by atoms with van der Waals surface area (Å²) in [5.41, 5.74) is 3.52. The van der Waals surface area contributed by atoms with E-state index < -0.39 is 0 Å². The Bertz CT molecular complexity index is 775. The second kappa shape index (κ2) is 7.22. The van der Waals surface area contributed by atoms with E-state index in [4.69, 9.17) is 16.3 Å². The molecule has 0 aliphatic carbocycles. The van der Waals surface area contributed by atoms with Crippen LogP contribution in [0.1, 0.15) is 49.4 Å². The summed E-state index contributed by atoms with van der Waals surface area (Å²) in [5.74, 6) is 0.982. The third-order valence-corrected chi connectivity index (χ3v) is 5.79. The molecule has 2 aromatic rings. The van der Waals surface area contributed by atoms with E-state index in [9.17, 15) is 0 Å². The maximum absolute atomic E-state index is 6.41. The van der Waals surface area contributed by atoms with Gasteiger partial charge < -0.3 is 15.4 Å². The van der Waals surface area contributed by atoms with E-state index in [0.29, 0.717) is 12.1 Å².